The molecule has 1 aliphatic carbocycles. The number of benzene rings is 2. The van der Waals surface area contributed by atoms with Crippen molar-refractivity contribution < 1.29 is 9.94 Å². The van der Waals surface area contributed by atoms with Crippen LogP contribution < -0.4 is 4.74 Å². The van der Waals surface area contributed by atoms with Crippen LogP contribution in [0.1, 0.15) is 31.4 Å². The van der Waals surface area contributed by atoms with Crippen molar-refractivity contribution in [2.45, 2.75) is 25.7 Å². The van der Waals surface area contributed by atoms with Gasteiger partial charge in [-0.25, -0.2) is 0 Å². The van der Waals surface area contributed by atoms with Gasteiger partial charge in [0.25, 0.3) is 0 Å². The standard InChI is InChI=1S/C18H19NO2/c1-18(2)11-17(19-20)15-9-6-13(10-16(15)18)12-4-7-14(21-3)8-5-12/h4-10,20H,11H2,1-3H3/b19-17+. The van der Waals surface area contributed by atoms with Gasteiger partial charge in [-0.3, -0.25) is 0 Å². The molecule has 0 saturated carbocycles. The third-order valence-electron chi connectivity index (χ3n) is 4.21. The van der Waals surface area contributed by atoms with Crippen LogP contribution in [0.25, 0.3) is 11.1 Å². The van der Waals surface area contributed by atoms with E-state index in [1.807, 2.05) is 12.1 Å². The summed E-state index contributed by atoms with van der Waals surface area (Å²) in [6.07, 6.45) is 0.769. The van der Waals surface area contributed by atoms with Crippen molar-refractivity contribution >= 4 is 5.71 Å². The van der Waals surface area contributed by atoms with Gasteiger partial charge in [0, 0.05) is 12.0 Å². The second-order valence-corrected chi connectivity index (χ2v) is 6.10. The molecule has 0 heterocycles. The van der Waals surface area contributed by atoms with Gasteiger partial charge in [0.2, 0.25) is 0 Å². The average Bonchev–Trinajstić information content (AvgIpc) is 2.78. The first-order valence-electron chi connectivity index (χ1n) is 7.05. The molecule has 3 nitrogen and oxygen atoms in total. The maximum Gasteiger partial charge on any atom is 0.118 e. The molecule has 0 fully saturated rings. The van der Waals surface area contributed by atoms with Crippen LogP contribution in [-0.2, 0) is 5.41 Å². The first kappa shape index (κ1) is 13.7. The Morgan fingerprint density at radius 3 is 2.33 bits per heavy atom. The summed E-state index contributed by atoms with van der Waals surface area (Å²) in [7, 11) is 1.67. The minimum absolute atomic E-state index is 0.000618. The van der Waals surface area contributed by atoms with Gasteiger partial charge in [-0.15, -0.1) is 0 Å². The molecule has 1 aliphatic rings. The topological polar surface area (TPSA) is 41.8 Å². The fourth-order valence-corrected chi connectivity index (χ4v) is 3.02. The molecule has 0 amide bonds. The Bertz CT molecular complexity index is 700. The second kappa shape index (κ2) is 4.92. The van der Waals surface area contributed by atoms with Crippen molar-refractivity contribution in [2.24, 2.45) is 5.16 Å². The van der Waals surface area contributed by atoms with Crippen molar-refractivity contribution in [1.82, 2.24) is 0 Å². The van der Waals surface area contributed by atoms with Gasteiger partial charge < -0.3 is 9.94 Å². The minimum Gasteiger partial charge on any atom is -0.497 e. The molecule has 0 spiro atoms. The monoisotopic (exact) mass is 281 g/mol. The summed E-state index contributed by atoms with van der Waals surface area (Å²) in [5, 5.41) is 12.6. The van der Waals surface area contributed by atoms with E-state index in [1.165, 1.54) is 11.1 Å². The number of rotatable bonds is 2. The second-order valence-electron chi connectivity index (χ2n) is 6.10. The average molecular weight is 281 g/mol. The van der Waals surface area contributed by atoms with Gasteiger partial charge in [0.1, 0.15) is 5.75 Å². The van der Waals surface area contributed by atoms with Crippen LogP contribution in [0.3, 0.4) is 0 Å². The number of ether oxygens (including phenoxy) is 1. The summed E-state index contributed by atoms with van der Waals surface area (Å²) < 4.78 is 5.20. The fourth-order valence-electron chi connectivity index (χ4n) is 3.02. The molecule has 21 heavy (non-hydrogen) atoms. The Labute approximate surface area is 124 Å². The largest absolute Gasteiger partial charge is 0.497 e. The van der Waals surface area contributed by atoms with Crippen molar-refractivity contribution in [3.05, 3.63) is 53.6 Å². The maximum atomic E-state index is 9.16. The van der Waals surface area contributed by atoms with E-state index in [0.29, 0.717) is 0 Å². The molecule has 0 atom stereocenters. The predicted molar refractivity (Wildman–Crippen MR) is 84.4 cm³/mol. The number of hydrogen-bond acceptors (Lipinski definition) is 3. The summed E-state index contributed by atoms with van der Waals surface area (Å²) in [4.78, 5) is 0. The van der Waals surface area contributed by atoms with Crippen LogP contribution in [0.15, 0.2) is 47.6 Å². The number of oxime groups is 1. The van der Waals surface area contributed by atoms with Crippen molar-refractivity contribution in [1.29, 1.82) is 0 Å². The van der Waals surface area contributed by atoms with E-state index >= 15 is 0 Å². The number of methoxy groups -OCH3 is 1. The highest BCUT2D eigenvalue weighted by Gasteiger charge is 2.34. The summed E-state index contributed by atoms with van der Waals surface area (Å²) >= 11 is 0. The Kier molecular flexibility index (Phi) is 3.20. The van der Waals surface area contributed by atoms with Crippen molar-refractivity contribution in [3.63, 3.8) is 0 Å². The van der Waals surface area contributed by atoms with Gasteiger partial charge in [-0.05, 0) is 40.3 Å². The molecule has 0 saturated heterocycles. The maximum absolute atomic E-state index is 9.16. The molecule has 3 rings (SSSR count). The molecule has 0 radical (unpaired) electrons. The lowest BCUT2D eigenvalue weighted by Gasteiger charge is -2.18. The van der Waals surface area contributed by atoms with E-state index in [4.69, 9.17) is 9.94 Å². The van der Waals surface area contributed by atoms with Crippen LogP contribution in [-0.4, -0.2) is 18.0 Å². The summed E-state index contributed by atoms with van der Waals surface area (Å²) in [6, 6.07) is 14.4. The molecule has 0 aliphatic heterocycles. The number of nitrogens with zero attached hydrogens (tertiary/aromatic N) is 1. The highest BCUT2D eigenvalue weighted by molar-refractivity contribution is 6.06. The van der Waals surface area contributed by atoms with Crippen LogP contribution >= 0.6 is 0 Å². The Hall–Kier alpha value is -2.29. The van der Waals surface area contributed by atoms with Gasteiger partial charge >= 0.3 is 0 Å². The molecule has 0 unspecified atom stereocenters. The van der Waals surface area contributed by atoms with Gasteiger partial charge in [0.15, 0.2) is 0 Å². The van der Waals surface area contributed by atoms with Crippen molar-refractivity contribution in [3.8, 4) is 16.9 Å². The number of hydrogen-bond donors (Lipinski definition) is 1. The minimum atomic E-state index is -0.000618. The van der Waals surface area contributed by atoms with Crippen molar-refractivity contribution in [2.75, 3.05) is 7.11 Å². The molecule has 3 heteroatoms. The van der Waals surface area contributed by atoms with E-state index in [9.17, 15) is 0 Å². The lowest BCUT2D eigenvalue weighted by molar-refractivity contribution is 0.317. The highest BCUT2D eigenvalue weighted by atomic mass is 16.5. The summed E-state index contributed by atoms with van der Waals surface area (Å²) in [5.41, 5.74) is 5.39. The molecular weight excluding hydrogens is 262 g/mol. The molecule has 2 aromatic carbocycles. The molecule has 0 bridgehead atoms. The normalized spacial score (nSPS) is 17.8. The Balaban J connectivity index is 2.07. The van der Waals surface area contributed by atoms with E-state index in [-0.39, 0.29) is 5.41 Å². The molecule has 2 aromatic rings. The van der Waals surface area contributed by atoms with E-state index in [2.05, 4.69) is 49.3 Å². The first-order chi connectivity index (χ1) is 10.0. The first-order valence-corrected chi connectivity index (χ1v) is 7.05. The molecule has 1 N–H and O–H groups in total. The smallest absolute Gasteiger partial charge is 0.118 e. The van der Waals surface area contributed by atoms with E-state index < -0.39 is 0 Å². The van der Waals surface area contributed by atoms with Gasteiger partial charge in [-0.1, -0.05) is 43.3 Å². The zero-order chi connectivity index (χ0) is 15.0. The van der Waals surface area contributed by atoms with E-state index in [1.54, 1.807) is 7.11 Å². The van der Waals surface area contributed by atoms with Crippen LogP contribution in [0.2, 0.25) is 0 Å². The lowest BCUT2D eigenvalue weighted by atomic mass is 9.85. The van der Waals surface area contributed by atoms with Crippen LogP contribution in [0, 0.1) is 0 Å². The fraction of sp³-hybridized carbons (Fsp3) is 0.278. The lowest BCUT2D eigenvalue weighted by Crippen LogP contribution is -2.12. The zero-order valence-electron chi connectivity index (χ0n) is 12.6. The van der Waals surface area contributed by atoms with Gasteiger partial charge in [0.05, 0.1) is 12.8 Å². The molecule has 0 aromatic heterocycles. The summed E-state index contributed by atoms with van der Waals surface area (Å²) in [5.74, 6) is 0.856. The quantitative estimate of drug-likeness (QED) is 0.661. The van der Waals surface area contributed by atoms with Crippen LogP contribution in [0.4, 0.5) is 0 Å². The van der Waals surface area contributed by atoms with E-state index in [0.717, 1.165) is 29.0 Å². The third-order valence-corrected chi connectivity index (χ3v) is 4.21. The molecular formula is C18H19NO2. The predicted octanol–water partition coefficient (Wildman–Crippen LogP) is 4.22. The Morgan fingerprint density at radius 2 is 1.71 bits per heavy atom. The third kappa shape index (κ3) is 2.29. The Morgan fingerprint density at radius 1 is 1.05 bits per heavy atom. The summed E-state index contributed by atoms with van der Waals surface area (Å²) in [6.45, 7) is 4.36. The molecule has 108 valence electrons. The SMILES string of the molecule is COc1ccc(-c2ccc3c(c2)C(C)(C)C/C3=N\O)cc1. The highest BCUT2D eigenvalue weighted by Crippen LogP contribution is 2.40. The zero-order valence-corrected chi connectivity index (χ0v) is 12.6. The number of fused-ring (bicyclic) bond motifs is 1. The van der Waals surface area contributed by atoms with Gasteiger partial charge in [-0.2, -0.15) is 0 Å². The van der Waals surface area contributed by atoms with Crippen LogP contribution in [0.5, 0.6) is 5.75 Å².